The Balaban J connectivity index is 1.67. The highest BCUT2D eigenvalue weighted by molar-refractivity contribution is 5.97. The Bertz CT molecular complexity index is 1280. The van der Waals surface area contributed by atoms with Gasteiger partial charge in [0.25, 0.3) is 11.5 Å². The number of nitrogens with one attached hydrogen (secondary N) is 3. The molecule has 1 amide bonds. The molecule has 0 aliphatic rings. The molecule has 0 fully saturated rings. The first kappa shape index (κ1) is 26.4. The lowest BCUT2D eigenvalue weighted by Gasteiger charge is -2.17. The molecule has 12 heteroatoms. The van der Waals surface area contributed by atoms with Crippen molar-refractivity contribution in [3.8, 4) is 0 Å². The molecule has 0 saturated carbocycles. The van der Waals surface area contributed by atoms with Gasteiger partial charge in [0.15, 0.2) is 0 Å². The second-order valence-electron chi connectivity index (χ2n) is 7.95. The molecule has 2 heterocycles. The monoisotopic (exact) mass is 499 g/mol. The number of aromatic amines is 2. The number of nitrogen functional groups attached to an aromatic ring is 1. The zero-order chi connectivity index (χ0) is 26.2. The van der Waals surface area contributed by atoms with Crippen molar-refractivity contribution >= 4 is 34.8 Å². The zero-order valence-electron chi connectivity index (χ0n) is 20.0. The number of ether oxygens (including phenoxy) is 2. The van der Waals surface area contributed by atoms with E-state index in [9.17, 15) is 24.3 Å². The van der Waals surface area contributed by atoms with Crippen LogP contribution in [0.3, 0.4) is 0 Å². The van der Waals surface area contributed by atoms with Gasteiger partial charge in [0.1, 0.15) is 11.7 Å². The highest BCUT2D eigenvalue weighted by Gasteiger charge is 2.24. The van der Waals surface area contributed by atoms with Gasteiger partial charge in [0.2, 0.25) is 5.95 Å². The minimum Gasteiger partial charge on any atom is -0.466 e. The topological polar surface area (TPSA) is 189 Å². The van der Waals surface area contributed by atoms with Crippen LogP contribution in [0.1, 0.15) is 54.3 Å². The van der Waals surface area contributed by atoms with Crippen molar-refractivity contribution < 1.29 is 29.0 Å². The number of anilines is 1. The van der Waals surface area contributed by atoms with Gasteiger partial charge in [-0.15, -0.1) is 0 Å². The van der Waals surface area contributed by atoms with Crippen molar-refractivity contribution in [2.24, 2.45) is 0 Å². The minimum atomic E-state index is -1.02. The van der Waals surface area contributed by atoms with E-state index in [4.69, 9.17) is 15.2 Å². The van der Waals surface area contributed by atoms with Crippen molar-refractivity contribution in [3.63, 3.8) is 0 Å². The van der Waals surface area contributed by atoms with E-state index in [1.165, 1.54) is 12.1 Å². The third-order valence-electron chi connectivity index (χ3n) is 5.43. The Hall–Kier alpha value is -4.19. The molecule has 192 valence electrons. The van der Waals surface area contributed by atoms with Crippen LogP contribution < -0.4 is 16.6 Å². The summed E-state index contributed by atoms with van der Waals surface area (Å²) in [5, 5.41) is 13.6. The second-order valence-corrected chi connectivity index (χ2v) is 7.95. The fraction of sp³-hybridized carbons (Fsp3) is 0.375. The maximum absolute atomic E-state index is 12.7. The Morgan fingerprint density at radius 3 is 2.50 bits per heavy atom. The average molecular weight is 500 g/mol. The number of nitrogens with zero attached hydrogens (tertiary/aromatic N) is 1. The highest BCUT2D eigenvalue weighted by Crippen LogP contribution is 2.22. The van der Waals surface area contributed by atoms with Crippen LogP contribution in [-0.2, 0) is 25.5 Å². The average Bonchev–Trinajstić information content (AvgIpc) is 3.24. The van der Waals surface area contributed by atoms with E-state index in [1.54, 1.807) is 32.2 Å². The molecule has 12 nitrogen and oxygen atoms in total. The van der Waals surface area contributed by atoms with Crippen molar-refractivity contribution in [3.05, 3.63) is 57.5 Å². The van der Waals surface area contributed by atoms with Crippen LogP contribution >= 0.6 is 0 Å². The molecule has 0 aliphatic heterocycles. The number of hydrogen-bond acceptors (Lipinski definition) is 9. The quantitative estimate of drug-likeness (QED) is 0.241. The number of carbonyl (C=O) groups excluding carboxylic acids is 3. The van der Waals surface area contributed by atoms with Gasteiger partial charge < -0.3 is 30.6 Å². The van der Waals surface area contributed by atoms with E-state index >= 15 is 0 Å². The molecule has 2 aromatic heterocycles. The van der Waals surface area contributed by atoms with Crippen LogP contribution in [0.2, 0.25) is 0 Å². The van der Waals surface area contributed by atoms with Gasteiger partial charge in [-0.2, -0.15) is 4.98 Å². The molecule has 1 aromatic carbocycles. The third-order valence-corrected chi connectivity index (χ3v) is 5.43. The summed E-state index contributed by atoms with van der Waals surface area (Å²) in [6.07, 6.45) is 0.726. The summed E-state index contributed by atoms with van der Waals surface area (Å²) in [5.74, 6) is -1.67. The van der Waals surface area contributed by atoms with Gasteiger partial charge in [-0.05, 0) is 43.5 Å². The first-order valence-electron chi connectivity index (χ1n) is 11.5. The molecular formula is C24H29N5O7. The summed E-state index contributed by atoms with van der Waals surface area (Å²) in [6.45, 7) is 3.67. The third kappa shape index (κ3) is 6.48. The van der Waals surface area contributed by atoms with Crippen molar-refractivity contribution in [2.75, 3.05) is 18.9 Å². The SMILES string of the molecule is CCOC(=O)CC[C@H](NC(=O)c1ccc(C(O)Cc2c[nH]c3nc(N)[nH]c(=O)c23)cc1)C(=O)OCC. The number of amides is 1. The zero-order valence-corrected chi connectivity index (χ0v) is 20.0. The molecule has 1 unspecified atom stereocenters. The Labute approximate surface area is 206 Å². The largest absolute Gasteiger partial charge is 0.466 e. The predicted molar refractivity (Wildman–Crippen MR) is 130 cm³/mol. The molecule has 3 aromatic rings. The van der Waals surface area contributed by atoms with Gasteiger partial charge in [0, 0.05) is 24.6 Å². The fourth-order valence-electron chi connectivity index (χ4n) is 3.69. The fourth-order valence-corrected chi connectivity index (χ4v) is 3.69. The lowest BCUT2D eigenvalue weighted by molar-refractivity contribution is -0.146. The molecule has 0 aliphatic carbocycles. The maximum Gasteiger partial charge on any atom is 0.328 e. The van der Waals surface area contributed by atoms with Gasteiger partial charge in [0.05, 0.1) is 24.7 Å². The van der Waals surface area contributed by atoms with Gasteiger partial charge >= 0.3 is 11.9 Å². The van der Waals surface area contributed by atoms with E-state index in [1.807, 2.05) is 0 Å². The van der Waals surface area contributed by atoms with Crippen molar-refractivity contribution in [1.82, 2.24) is 20.3 Å². The first-order valence-corrected chi connectivity index (χ1v) is 11.5. The van der Waals surface area contributed by atoms with Crippen LogP contribution in [0.5, 0.6) is 0 Å². The number of rotatable bonds is 11. The number of esters is 2. The molecule has 36 heavy (non-hydrogen) atoms. The molecular weight excluding hydrogens is 470 g/mol. The van der Waals surface area contributed by atoms with Gasteiger partial charge in [-0.1, -0.05) is 12.1 Å². The molecule has 2 atom stereocenters. The van der Waals surface area contributed by atoms with Crippen LogP contribution in [0, 0.1) is 0 Å². The summed E-state index contributed by atoms with van der Waals surface area (Å²) in [5.41, 5.74) is 6.80. The van der Waals surface area contributed by atoms with E-state index < -0.39 is 35.6 Å². The predicted octanol–water partition coefficient (Wildman–Crippen LogP) is 1.11. The number of aliphatic hydroxyl groups excluding tert-OH is 1. The van der Waals surface area contributed by atoms with E-state index in [0.717, 1.165) is 0 Å². The molecule has 0 radical (unpaired) electrons. The maximum atomic E-state index is 12.7. The highest BCUT2D eigenvalue weighted by atomic mass is 16.5. The molecule has 0 saturated heterocycles. The summed E-state index contributed by atoms with van der Waals surface area (Å²) in [7, 11) is 0. The molecule has 0 bridgehead atoms. The second kappa shape index (κ2) is 12.0. The van der Waals surface area contributed by atoms with E-state index in [-0.39, 0.29) is 44.0 Å². The van der Waals surface area contributed by atoms with Crippen LogP contribution in [0.25, 0.3) is 11.0 Å². The first-order chi connectivity index (χ1) is 17.2. The van der Waals surface area contributed by atoms with E-state index in [2.05, 4.69) is 20.3 Å². The number of aliphatic hydroxyl groups is 1. The number of nitrogens with two attached hydrogens (primary N) is 1. The summed E-state index contributed by atoms with van der Waals surface area (Å²) >= 11 is 0. The molecule has 0 spiro atoms. The number of hydrogen-bond donors (Lipinski definition) is 5. The Morgan fingerprint density at radius 1 is 1.14 bits per heavy atom. The lowest BCUT2D eigenvalue weighted by Crippen LogP contribution is -2.42. The van der Waals surface area contributed by atoms with Gasteiger partial charge in [-0.25, -0.2) is 4.79 Å². The van der Waals surface area contributed by atoms with Crippen LogP contribution in [0.4, 0.5) is 5.95 Å². The van der Waals surface area contributed by atoms with Crippen molar-refractivity contribution in [2.45, 2.75) is 45.3 Å². The lowest BCUT2D eigenvalue weighted by atomic mass is 10.0. The number of carbonyl (C=O) groups is 3. The number of fused-ring (bicyclic) bond motifs is 1. The normalized spacial score (nSPS) is 12.6. The summed E-state index contributed by atoms with van der Waals surface area (Å²) in [4.78, 5) is 58.2. The number of aromatic nitrogens is 3. The smallest absolute Gasteiger partial charge is 0.328 e. The van der Waals surface area contributed by atoms with Gasteiger partial charge in [-0.3, -0.25) is 19.4 Å². The van der Waals surface area contributed by atoms with Crippen LogP contribution in [-0.4, -0.2) is 57.2 Å². The number of benzene rings is 1. The summed E-state index contributed by atoms with van der Waals surface area (Å²) in [6, 6.07) is 5.15. The minimum absolute atomic E-state index is 0.0126. The number of H-pyrrole nitrogens is 2. The Kier molecular flexibility index (Phi) is 8.79. The standard InChI is InChI=1S/C24H29N5O7/c1-3-35-18(31)10-9-16(23(34)36-4-2)27-21(32)14-7-5-13(6-8-14)17(30)11-15-12-26-20-19(15)22(33)29-24(25)28-20/h5-8,12,16-17,30H,3-4,9-11H2,1-2H3,(H,27,32)(H4,25,26,28,29,33)/t16-,17?/m0/s1. The summed E-state index contributed by atoms with van der Waals surface area (Å²) < 4.78 is 9.87. The van der Waals surface area contributed by atoms with E-state index in [0.29, 0.717) is 22.2 Å². The molecule has 6 N–H and O–H groups in total. The van der Waals surface area contributed by atoms with Crippen molar-refractivity contribution in [1.29, 1.82) is 0 Å². The Morgan fingerprint density at radius 2 is 1.83 bits per heavy atom. The van der Waals surface area contributed by atoms with Crippen LogP contribution in [0.15, 0.2) is 35.3 Å². The molecule has 3 rings (SSSR count).